The van der Waals surface area contributed by atoms with Gasteiger partial charge in [-0.25, -0.2) is 9.78 Å². The Balaban J connectivity index is 1.85. The second kappa shape index (κ2) is 7.24. The van der Waals surface area contributed by atoms with Crippen LogP contribution in [0.3, 0.4) is 0 Å². The molecule has 1 fully saturated rings. The lowest BCUT2D eigenvalue weighted by Crippen LogP contribution is -2.41. The van der Waals surface area contributed by atoms with Crippen LogP contribution >= 0.6 is 23.2 Å². The van der Waals surface area contributed by atoms with E-state index in [-0.39, 0.29) is 10.8 Å². The van der Waals surface area contributed by atoms with Crippen LogP contribution in [0.15, 0.2) is 12.3 Å². The molecule has 1 saturated heterocycles. The third-order valence-electron chi connectivity index (χ3n) is 3.16. The fourth-order valence-electron chi connectivity index (χ4n) is 1.96. The fraction of sp³-hybridized carbons (Fsp3) is 0.357. The Morgan fingerprint density at radius 2 is 2.04 bits per heavy atom. The Morgan fingerprint density at radius 3 is 2.60 bits per heavy atom. The molecule has 0 unspecified atom stereocenters. The number of imide groups is 1. The van der Waals surface area contributed by atoms with Crippen LogP contribution in [0, 0.1) is 0 Å². The predicted molar refractivity (Wildman–Crippen MR) is 88.2 cm³/mol. The number of halogens is 2. The lowest BCUT2D eigenvalue weighted by molar-refractivity contribution is -0.150. The van der Waals surface area contributed by atoms with Crippen LogP contribution in [0.5, 0.6) is 0 Å². The third-order valence-corrected chi connectivity index (χ3v) is 3.66. The van der Waals surface area contributed by atoms with E-state index in [4.69, 9.17) is 27.9 Å². The number of rotatable bonds is 5. The Morgan fingerprint density at radius 1 is 1.36 bits per heavy atom. The molecule has 0 radical (unpaired) electrons. The Labute approximate surface area is 152 Å². The maximum Gasteiger partial charge on any atom is 0.326 e. The number of hydrogen-bond donors (Lipinski definition) is 2. The molecule has 2 N–H and O–H groups in total. The summed E-state index contributed by atoms with van der Waals surface area (Å²) in [6.07, 6.45) is 1.29. The maximum absolute atomic E-state index is 11.9. The first-order valence-electron chi connectivity index (χ1n) is 7.01. The Bertz CT molecular complexity index is 753. The summed E-state index contributed by atoms with van der Waals surface area (Å²) in [7, 11) is 0. The van der Waals surface area contributed by atoms with Gasteiger partial charge in [-0.15, -0.1) is 0 Å². The summed E-state index contributed by atoms with van der Waals surface area (Å²) in [5.41, 5.74) is -1.09. The summed E-state index contributed by atoms with van der Waals surface area (Å²) in [6.45, 7) is 1.79. The average molecular weight is 389 g/mol. The van der Waals surface area contributed by atoms with E-state index in [2.05, 4.69) is 15.6 Å². The molecule has 4 amide bonds. The molecule has 1 aromatic heterocycles. The van der Waals surface area contributed by atoms with E-state index in [0.717, 1.165) is 4.90 Å². The molecular weight excluding hydrogens is 375 g/mol. The van der Waals surface area contributed by atoms with Gasteiger partial charge in [0.25, 0.3) is 11.8 Å². The molecule has 1 aliphatic heterocycles. The first kappa shape index (κ1) is 18.9. The normalized spacial score (nSPS) is 15.8. The summed E-state index contributed by atoms with van der Waals surface area (Å²) in [5.74, 6) is -2.10. The highest BCUT2D eigenvalue weighted by Crippen LogP contribution is 2.22. The smallest absolute Gasteiger partial charge is 0.326 e. The van der Waals surface area contributed by atoms with Gasteiger partial charge < -0.3 is 15.4 Å². The minimum absolute atomic E-state index is 0.0583. The van der Waals surface area contributed by atoms with Gasteiger partial charge in [0.05, 0.1) is 10.0 Å². The molecule has 1 aliphatic rings. The van der Waals surface area contributed by atoms with Crippen LogP contribution in [0.2, 0.25) is 10.0 Å². The third kappa shape index (κ3) is 4.58. The van der Waals surface area contributed by atoms with E-state index in [1.54, 1.807) is 0 Å². The fourth-order valence-corrected chi connectivity index (χ4v) is 2.38. The zero-order valence-electron chi connectivity index (χ0n) is 13.3. The van der Waals surface area contributed by atoms with Crippen LogP contribution in [0.25, 0.3) is 0 Å². The lowest BCUT2D eigenvalue weighted by atomic mass is 10.1. The van der Waals surface area contributed by atoms with Crippen LogP contribution in [0.1, 0.15) is 13.8 Å². The average Bonchev–Trinajstić information content (AvgIpc) is 2.70. The number of aromatic nitrogens is 1. The molecule has 2 rings (SSSR count). The van der Waals surface area contributed by atoms with Gasteiger partial charge in [0.15, 0.2) is 12.4 Å². The first-order valence-corrected chi connectivity index (χ1v) is 7.76. The van der Waals surface area contributed by atoms with E-state index in [1.165, 1.54) is 26.1 Å². The summed E-state index contributed by atoms with van der Waals surface area (Å²) in [4.78, 5) is 51.6. The van der Waals surface area contributed by atoms with E-state index >= 15 is 0 Å². The highest BCUT2D eigenvalue weighted by atomic mass is 35.5. The molecule has 11 heteroatoms. The van der Waals surface area contributed by atoms with Gasteiger partial charge >= 0.3 is 12.0 Å². The minimum atomic E-state index is -1.09. The number of esters is 1. The molecule has 25 heavy (non-hydrogen) atoms. The van der Waals surface area contributed by atoms with Crippen LogP contribution in [0.4, 0.5) is 10.6 Å². The number of anilines is 1. The molecule has 0 aliphatic carbocycles. The van der Waals surface area contributed by atoms with Gasteiger partial charge in [0.2, 0.25) is 0 Å². The number of amides is 4. The monoisotopic (exact) mass is 388 g/mol. The van der Waals surface area contributed by atoms with E-state index < -0.39 is 42.5 Å². The van der Waals surface area contributed by atoms with Crippen molar-refractivity contribution in [3.63, 3.8) is 0 Å². The largest absolute Gasteiger partial charge is 0.454 e. The Kier molecular flexibility index (Phi) is 5.48. The molecule has 1 aromatic rings. The summed E-state index contributed by atoms with van der Waals surface area (Å²) >= 11 is 11.5. The van der Waals surface area contributed by atoms with Crippen LogP contribution in [-0.2, 0) is 19.1 Å². The zero-order chi connectivity index (χ0) is 18.8. The highest BCUT2D eigenvalue weighted by Gasteiger charge is 2.45. The van der Waals surface area contributed by atoms with Crippen molar-refractivity contribution in [3.8, 4) is 0 Å². The van der Waals surface area contributed by atoms with Crippen molar-refractivity contribution >= 4 is 52.8 Å². The molecular formula is C14H14Cl2N4O5. The predicted octanol–water partition coefficient (Wildman–Crippen LogP) is 1.20. The molecule has 0 aromatic carbocycles. The van der Waals surface area contributed by atoms with Crippen molar-refractivity contribution in [2.24, 2.45) is 0 Å². The van der Waals surface area contributed by atoms with Crippen molar-refractivity contribution in [1.29, 1.82) is 0 Å². The quantitative estimate of drug-likeness (QED) is 0.577. The molecule has 2 heterocycles. The summed E-state index contributed by atoms with van der Waals surface area (Å²) in [6, 6.07) is 0.686. The van der Waals surface area contributed by atoms with E-state index in [0.29, 0.717) is 5.02 Å². The van der Waals surface area contributed by atoms with Gasteiger partial charge in [-0.2, -0.15) is 0 Å². The second-order valence-corrected chi connectivity index (χ2v) is 6.48. The second-order valence-electron chi connectivity index (χ2n) is 5.64. The van der Waals surface area contributed by atoms with Crippen molar-refractivity contribution < 1.29 is 23.9 Å². The van der Waals surface area contributed by atoms with Crippen molar-refractivity contribution in [2.75, 3.05) is 18.5 Å². The van der Waals surface area contributed by atoms with Gasteiger partial charge in [-0.3, -0.25) is 19.3 Å². The van der Waals surface area contributed by atoms with Gasteiger partial charge in [0.1, 0.15) is 12.1 Å². The van der Waals surface area contributed by atoms with E-state index in [1.807, 2.05) is 0 Å². The maximum atomic E-state index is 11.9. The molecule has 0 atom stereocenters. The number of carbonyl (C=O) groups excluding carboxylic acids is 4. The van der Waals surface area contributed by atoms with Gasteiger partial charge in [-0.05, 0) is 19.9 Å². The molecule has 134 valence electrons. The molecule has 0 spiro atoms. The van der Waals surface area contributed by atoms with Gasteiger partial charge in [0, 0.05) is 6.20 Å². The van der Waals surface area contributed by atoms with Crippen molar-refractivity contribution in [3.05, 3.63) is 22.3 Å². The molecule has 9 nitrogen and oxygen atoms in total. The minimum Gasteiger partial charge on any atom is -0.454 e. The topological polar surface area (TPSA) is 118 Å². The zero-order valence-corrected chi connectivity index (χ0v) is 14.8. The first-order chi connectivity index (χ1) is 11.6. The van der Waals surface area contributed by atoms with Crippen LogP contribution < -0.4 is 10.6 Å². The number of ether oxygens (including phenoxy) is 1. The number of pyridine rings is 1. The number of nitrogens with one attached hydrogen (secondary N) is 2. The summed E-state index contributed by atoms with van der Waals surface area (Å²) < 4.78 is 4.74. The standard InChI is InChI=1S/C14H14Cl2N4O5/c1-14(2)12(23)20(13(24)19-14)5-10(22)25-6-9(21)18-11-8(16)3-7(15)4-17-11/h3-4H,5-6H2,1-2H3,(H,19,24)(H,17,18,21). The number of urea groups is 1. The molecule has 0 bridgehead atoms. The SMILES string of the molecule is CC1(C)NC(=O)N(CC(=O)OCC(=O)Nc2ncc(Cl)cc2Cl)C1=O. The lowest BCUT2D eigenvalue weighted by Gasteiger charge is -2.15. The van der Waals surface area contributed by atoms with Crippen LogP contribution in [-0.4, -0.2) is 52.4 Å². The van der Waals surface area contributed by atoms with Crippen molar-refractivity contribution in [2.45, 2.75) is 19.4 Å². The molecule has 0 saturated carbocycles. The van der Waals surface area contributed by atoms with Gasteiger partial charge in [-0.1, -0.05) is 23.2 Å². The Hall–Kier alpha value is -2.39. The highest BCUT2D eigenvalue weighted by molar-refractivity contribution is 6.36. The van der Waals surface area contributed by atoms with Crippen molar-refractivity contribution in [1.82, 2.24) is 15.2 Å². The number of carbonyl (C=O) groups is 4. The number of hydrogen-bond acceptors (Lipinski definition) is 6. The van der Waals surface area contributed by atoms with E-state index in [9.17, 15) is 19.2 Å². The number of nitrogens with zero attached hydrogens (tertiary/aromatic N) is 2. The summed E-state index contributed by atoms with van der Waals surface area (Å²) in [5, 5.41) is 5.18.